The van der Waals surface area contributed by atoms with Gasteiger partial charge in [-0.2, -0.15) is 0 Å². The second-order valence-corrected chi connectivity index (χ2v) is 5.99. The predicted molar refractivity (Wildman–Crippen MR) is 68.8 cm³/mol. The Labute approximate surface area is 117 Å². The predicted octanol–water partition coefficient (Wildman–Crippen LogP) is -0.0375. The molecule has 0 aromatic carbocycles. The van der Waals surface area contributed by atoms with Crippen LogP contribution in [-0.4, -0.2) is 52.0 Å². The summed E-state index contributed by atoms with van der Waals surface area (Å²) in [5, 5.41) is 20.0. The van der Waals surface area contributed by atoms with Gasteiger partial charge in [0.25, 0.3) is 0 Å². The van der Waals surface area contributed by atoms with Crippen molar-refractivity contribution in [3.8, 4) is 0 Å². The molecule has 1 fully saturated rings. The molecule has 0 bridgehead atoms. The molecule has 112 valence electrons. The first-order chi connectivity index (χ1) is 9.12. The third-order valence-electron chi connectivity index (χ3n) is 3.72. The summed E-state index contributed by atoms with van der Waals surface area (Å²) in [6.45, 7) is 6.02. The van der Waals surface area contributed by atoms with Gasteiger partial charge in [-0.15, -0.1) is 0 Å². The number of hydrogen-bond donors (Lipinski definition) is 2. The van der Waals surface area contributed by atoms with Crippen molar-refractivity contribution in [1.29, 1.82) is 0 Å². The van der Waals surface area contributed by atoms with Gasteiger partial charge in [0.1, 0.15) is 18.3 Å². The van der Waals surface area contributed by atoms with Crippen LogP contribution >= 0.6 is 0 Å². The zero-order valence-corrected chi connectivity index (χ0v) is 12.0. The lowest BCUT2D eigenvalue weighted by molar-refractivity contribution is -0.154. The normalized spacial score (nSPS) is 37.4. The monoisotopic (exact) mass is 284 g/mol. The topological polar surface area (TPSA) is 96.4 Å². The number of aliphatic hydroxyl groups is 2. The van der Waals surface area contributed by atoms with Gasteiger partial charge < -0.3 is 19.7 Å². The molecule has 0 amide bonds. The highest BCUT2D eigenvalue weighted by Gasteiger charge is 2.55. The fourth-order valence-corrected chi connectivity index (χ4v) is 2.47. The van der Waals surface area contributed by atoms with E-state index >= 15 is 0 Å². The van der Waals surface area contributed by atoms with Crippen molar-refractivity contribution in [2.24, 2.45) is 5.92 Å². The molecular weight excluding hydrogens is 264 g/mol. The number of aliphatic hydroxyl groups excluding tert-OH is 1. The van der Waals surface area contributed by atoms with Gasteiger partial charge >= 0.3 is 5.97 Å². The van der Waals surface area contributed by atoms with Crippen LogP contribution in [0.1, 0.15) is 27.7 Å². The van der Waals surface area contributed by atoms with Crippen LogP contribution < -0.4 is 0 Å². The van der Waals surface area contributed by atoms with Crippen molar-refractivity contribution in [2.45, 2.75) is 57.7 Å². The van der Waals surface area contributed by atoms with Crippen molar-refractivity contribution in [3.63, 3.8) is 0 Å². The summed E-state index contributed by atoms with van der Waals surface area (Å²) < 4.78 is 10.5. The summed E-state index contributed by atoms with van der Waals surface area (Å²) in [7, 11) is 0. The van der Waals surface area contributed by atoms with Crippen molar-refractivity contribution in [1.82, 2.24) is 0 Å². The highest BCUT2D eigenvalue weighted by molar-refractivity contribution is 5.94. The highest BCUT2D eigenvalue weighted by atomic mass is 16.6. The Balaban J connectivity index is 2.26. The quantitative estimate of drug-likeness (QED) is 0.558. The lowest BCUT2D eigenvalue weighted by Gasteiger charge is -2.31. The first-order valence-corrected chi connectivity index (χ1v) is 6.61. The minimum atomic E-state index is -1.10. The first-order valence-electron chi connectivity index (χ1n) is 6.61. The molecule has 2 aliphatic rings. The van der Waals surface area contributed by atoms with E-state index in [9.17, 15) is 19.8 Å². The SMILES string of the molecule is CC(=O)OC1C(C2OC2C(C)(C)O)=CC(=O)C(C)C1O. The highest BCUT2D eigenvalue weighted by Crippen LogP contribution is 2.41. The minimum Gasteiger partial charge on any atom is -0.455 e. The Bertz CT molecular complexity index is 461. The molecule has 0 spiro atoms. The molecule has 1 aliphatic heterocycles. The van der Waals surface area contributed by atoms with Crippen LogP contribution in [0.4, 0.5) is 0 Å². The summed E-state index contributed by atoms with van der Waals surface area (Å²) >= 11 is 0. The fraction of sp³-hybridized carbons (Fsp3) is 0.714. The van der Waals surface area contributed by atoms with Gasteiger partial charge in [0.05, 0.1) is 5.60 Å². The molecule has 6 heteroatoms. The summed E-state index contributed by atoms with van der Waals surface area (Å²) in [5.74, 6) is -1.41. The maximum absolute atomic E-state index is 11.8. The second-order valence-electron chi connectivity index (χ2n) is 5.99. The summed E-state index contributed by atoms with van der Waals surface area (Å²) in [6, 6.07) is 0. The molecule has 0 radical (unpaired) electrons. The molecule has 0 aromatic rings. The number of epoxide rings is 1. The average Bonchev–Trinajstić information content (AvgIpc) is 3.09. The van der Waals surface area contributed by atoms with Gasteiger partial charge in [0.2, 0.25) is 0 Å². The van der Waals surface area contributed by atoms with E-state index < -0.39 is 41.9 Å². The number of esters is 1. The van der Waals surface area contributed by atoms with Crippen LogP contribution in [0.15, 0.2) is 11.6 Å². The van der Waals surface area contributed by atoms with Crippen LogP contribution in [0.5, 0.6) is 0 Å². The molecule has 2 N–H and O–H groups in total. The third kappa shape index (κ3) is 2.77. The largest absolute Gasteiger partial charge is 0.455 e. The number of allylic oxidation sites excluding steroid dienone is 1. The molecule has 2 rings (SSSR count). The van der Waals surface area contributed by atoms with E-state index in [1.54, 1.807) is 20.8 Å². The molecule has 1 saturated heterocycles. The number of carbonyl (C=O) groups excluding carboxylic acids is 2. The third-order valence-corrected chi connectivity index (χ3v) is 3.72. The Morgan fingerprint density at radius 3 is 2.50 bits per heavy atom. The van der Waals surface area contributed by atoms with E-state index in [0.29, 0.717) is 5.57 Å². The van der Waals surface area contributed by atoms with Crippen LogP contribution in [0.2, 0.25) is 0 Å². The zero-order valence-electron chi connectivity index (χ0n) is 12.0. The van der Waals surface area contributed by atoms with Crippen LogP contribution in [0.25, 0.3) is 0 Å². The molecule has 5 atom stereocenters. The Hall–Kier alpha value is -1.24. The van der Waals surface area contributed by atoms with Gasteiger partial charge in [-0.3, -0.25) is 9.59 Å². The number of hydrogen-bond acceptors (Lipinski definition) is 6. The Morgan fingerprint density at radius 2 is 2.05 bits per heavy atom. The van der Waals surface area contributed by atoms with Gasteiger partial charge in [0.15, 0.2) is 11.9 Å². The number of ether oxygens (including phenoxy) is 2. The van der Waals surface area contributed by atoms with Crippen LogP contribution in [-0.2, 0) is 19.1 Å². The number of carbonyl (C=O) groups is 2. The molecule has 1 heterocycles. The molecule has 5 unspecified atom stereocenters. The summed E-state index contributed by atoms with van der Waals surface area (Å²) in [5.41, 5.74) is -0.647. The van der Waals surface area contributed by atoms with Gasteiger partial charge in [-0.1, -0.05) is 6.92 Å². The van der Waals surface area contributed by atoms with Gasteiger partial charge in [-0.25, -0.2) is 0 Å². The molecule has 0 aromatic heterocycles. The minimum absolute atomic E-state index is 0.235. The molecule has 1 aliphatic carbocycles. The Kier molecular flexibility index (Phi) is 3.75. The maximum Gasteiger partial charge on any atom is 0.303 e. The van der Waals surface area contributed by atoms with Crippen molar-refractivity contribution >= 4 is 11.8 Å². The standard InChI is InChI=1S/C14H20O6/c1-6-9(16)5-8(11(10(6)17)19-7(2)15)12-13(20-12)14(3,4)18/h5-6,10-13,17-18H,1-4H3. The zero-order chi connectivity index (χ0) is 15.2. The van der Waals surface area contributed by atoms with E-state index in [4.69, 9.17) is 9.47 Å². The fourth-order valence-electron chi connectivity index (χ4n) is 2.47. The van der Waals surface area contributed by atoms with E-state index in [1.807, 2.05) is 0 Å². The van der Waals surface area contributed by atoms with Crippen molar-refractivity contribution in [3.05, 3.63) is 11.6 Å². The maximum atomic E-state index is 11.8. The molecule has 0 saturated carbocycles. The first kappa shape index (κ1) is 15.2. The van der Waals surface area contributed by atoms with Crippen LogP contribution in [0, 0.1) is 5.92 Å². The van der Waals surface area contributed by atoms with Crippen LogP contribution in [0.3, 0.4) is 0 Å². The van der Waals surface area contributed by atoms with Crippen molar-refractivity contribution in [2.75, 3.05) is 0 Å². The van der Waals surface area contributed by atoms with Gasteiger partial charge in [-0.05, 0) is 19.9 Å². The summed E-state index contributed by atoms with van der Waals surface area (Å²) in [4.78, 5) is 23.0. The lowest BCUT2D eigenvalue weighted by Crippen LogP contribution is -2.45. The Morgan fingerprint density at radius 1 is 1.45 bits per heavy atom. The smallest absolute Gasteiger partial charge is 0.303 e. The van der Waals surface area contributed by atoms with Crippen molar-refractivity contribution < 1.29 is 29.3 Å². The van der Waals surface area contributed by atoms with E-state index in [1.165, 1.54) is 13.0 Å². The van der Waals surface area contributed by atoms with E-state index in [-0.39, 0.29) is 5.78 Å². The molecule has 20 heavy (non-hydrogen) atoms. The van der Waals surface area contributed by atoms with Gasteiger partial charge in [0, 0.05) is 18.4 Å². The second kappa shape index (κ2) is 4.95. The average molecular weight is 284 g/mol. The van der Waals surface area contributed by atoms with E-state index in [2.05, 4.69) is 0 Å². The lowest BCUT2D eigenvalue weighted by atomic mass is 9.82. The van der Waals surface area contributed by atoms with E-state index in [0.717, 1.165) is 0 Å². The molecular formula is C14H20O6. The molecule has 6 nitrogen and oxygen atoms in total. The number of rotatable bonds is 3. The summed E-state index contributed by atoms with van der Waals surface area (Å²) in [6.07, 6.45) is -1.62. The number of ketones is 1.